The molecule has 0 bridgehead atoms. The largest absolute Gasteiger partial charge is 0.497 e. The number of aromatic amines is 1. The number of carboxylic acid groups (broad SMARTS) is 1. The van der Waals surface area contributed by atoms with Gasteiger partial charge < -0.3 is 14.4 Å². The molecule has 0 saturated heterocycles. The lowest BCUT2D eigenvalue weighted by Crippen LogP contribution is -2.29. The van der Waals surface area contributed by atoms with Crippen LogP contribution in [0.4, 0.5) is 0 Å². The third-order valence-corrected chi connectivity index (χ3v) is 5.97. The number of benzene rings is 1. The van der Waals surface area contributed by atoms with Crippen LogP contribution in [0.3, 0.4) is 0 Å². The Labute approximate surface area is 181 Å². The first kappa shape index (κ1) is 20.9. The summed E-state index contributed by atoms with van der Waals surface area (Å²) in [5.41, 5.74) is 5.98. The van der Waals surface area contributed by atoms with Crippen LogP contribution < -0.4 is 4.74 Å². The number of aryl methyl sites for hydroxylation is 2. The van der Waals surface area contributed by atoms with Gasteiger partial charge >= 0.3 is 5.97 Å². The van der Waals surface area contributed by atoms with E-state index in [4.69, 9.17) is 4.74 Å². The van der Waals surface area contributed by atoms with Gasteiger partial charge in [0.05, 0.1) is 18.5 Å². The Morgan fingerprint density at radius 2 is 1.84 bits per heavy atom. The van der Waals surface area contributed by atoms with Gasteiger partial charge in [-0.3, -0.25) is 14.7 Å². The van der Waals surface area contributed by atoms with Gasteiger partial charge in [0.2, 0.25) is 0 Å². The Morgan fingerprint density at radius 1 is 1.16 bits per heavy atom. The average molecular weight is 421 g/mol. The quantitative estimate of drug-likeness (QED) is 0.636. The molecule has 0 fully saturated rings. The lowest BCUT2D eigenvalue weighted by atomic mass is 9.74. The Kier molecular flexibility index (Phi) is 5.00. The number of carbonyl (C=O) groups excluding carboxylic acids is 1. The highest BCUT2D eigenvalue weighted by atomic mass is 16.5. The fourth-order valence-electron chi connectivity index (χ4n) is 4.71. The Morgan fingerprint density at radius 3 is 2.39 bits per heavy atom. The highest BCUT2D eigenvalue weighted by molar-refractivity contribution is 6.09. The summed E-state index contributed by atoms with van der Waals surface area (Å²) in [6.45, 7) is 7.70. The van der Waals surface area contributed by atoms with Crippen molar-refractivity contribution in [3.05, 3.63) is 46.9 Å². The van der Waals surface area contributed by atoms with Crippen molar-refractivity contribution in [1.82, 2.24) is 14.8 Å². The van der Waals surface area contributed by atoms with E-state index in [-0.39, 0.29) is 17.7 Å². The molecular weight excluding hydrogens is 394 g/mol. The van der Waals surface area contributed by atoms with Crippen LogP contribution in [0.5, 0.6) is 5.75 Å². The number of Topliss-reactive ketones (excluding diaryl/α,β-unsaturated/α-hetero) is 1. The first-order valence-electron chi connectivity index (χ1n) is 10.3. The van der Waals surface area contributed by atoms with Gasteiger partial charge in [-0.15, -0.1) is 0 Å². The number of carbonyl (C=O) groups is 2. The van der Waals surface area contributed by atoms with E-state index >= 15 is 0 Å². The SMILES string of the molecule is COc1ccc(-c2c(-c3c(C)n[nH]c3C)c3c(n2CC(=O)O)CC(C)(C)CC3=O)cc1. The molecule has 7 nitrogen and oxygen atoms in total. The second kappa shape index (κ2) is 7.41. The first-order valence-corrected chi connectivity index (χ1v) is 10.3. The van der Waals surface area contributed by atoms with E-state index in [1.807, 2.05) is 52.0 Å². The van der Waals surface area contributed by atoms with Crippen LogP contribution in [0, 0.1) is 19.3 Å². The summed E-state index contributed by atoms with van der Waals surface area (Å²) in [7, 11) is 1.60. The number of nitrogens with one attached hydrogen (secondary N) is 1. The average Bonchev–Trinajstić information content (AvgIpc) is 3.17. The summed E-state index contributed by atoms with van der Waals surface area (Å²) in [5, 5.41) is 17.1. The summed E-state index contributed by atoms with van der Waals surface area (Å²) >= 11 is 0. The first-order chi connectivity index (χ1) is 14.6. The number of hydrogen-bond donors (Lipinski definition) is 2. The molecule has 0 spiro atoms. The van der Waals surface area contributed by atoms with E-state index in [0.29, 0.717) is 24.2 Å². The third-order valence-electron chi connectivity index (χ3n) is 5.97. The van der Waals surface area contributed by atoms with Crippen LogP contribution >= 0.6 is 0 Å². The van der Waals surface area contributed by atoms with Gasteiger partial charge in [0, 0.05) is 34.5 Å². The zero-order valence-electron chi connectivity index (χ0n) is 18.5. The number of fused-ring (bicyclic) bond motifs is 1. The molecule has 0 atom stereocenters. The van der Waals surface area contributed by atoms with Gasteiger partial charge in [-0.1, -0.05) is 13.8 Å². The normalized spacial score (nSPS) is 15.1. The third kappa shape index (κ3) is 3.54. The molecule has 7 heteroatoms. The van der Waals surface area contributed by atoms with Gasteiger partial charge in [0.25, 0.3) is 0 Å². The van der Waals surface area contributed by atoms with Crippen molar-refractivity contribution in [1.29, 1.82) is 0 Å². The van der Waals surface area contributed by atoms with Crippen LogP contribution in [-0.2, 0) is 17.8 Å². The number of aliphatic carboxylic acids is 1. The minimum Gasteiger partial charge on any atom is -0.497 e. The fraction of sp³-hybridized carbons (Fsp3) is 0.375. The number of aromatic nitrogens is 3. The molecule has 1 aliphatic rings. The van der Waals surface area contributed by atoms with Crippen molar-refractivity contribution in [2.75, 3.05) is 7.11 Å². The summed E-state index contributed by atoms with van der Waals surface area (Å²) in [5.74, 6) is -0.199. The van der Waals surface area contributed by atoms with Gasteiger partial charge in [-0.05, 0) is 55.5 Å². The number of nitrogens with zero attached hydrogens (tertiary/aromatic N) is 2. The Bertz CT molecular complexity index is 1160. The molecule has 31 heavy (non-hydrogen) atoms. The minimum atomic E-state index is -0.949. The highest BCUT2D eigenvalue weighted by Gasteiger charge is 2.39. The van der Waals surface area contributed by atoms with E-state index in [1.165, 1.54) is 0 Å². The molecule has 1 aliphatic carbocycles. The van der Waals surface area contributed by atoms with Gasteiger partial charge in [-0.25, -0.2) is 0 Å². The molecule has 0 aliphatic heterocycles. The summed E-state index contributed by atoms with van der Waals surface area (Å²) in [6.07, 6.45) is 1.04. The maximum Gasteiger partial charge on any atom is 0.323 e. The maximum atomic E-state index is 13.4. The molecule has 4 rings (SSSR count). The van der Waals surface area contributed by atoms with E-state index in [9.17, 15) is 14.7 Å². The molecule has 0 saturated carbocycles. The summed E-state index contributed by atoms with van der Waals surface area (Å²) < 4.78 is 7.10. The standard InChI is InChI=1S/C24H27N3O4/c1-13-20(14(2)26-25-13)22-21-17(10-24(3,4)11-18(21)28)27(12-19(29)30)23(22)15-6-8-16(31-5)9-7-15/h6-9H,10-12H2,1-5H3,(H,25,26)(H,29,30). The molecule has 2 N–H and O–H groups in total. The van der Waals surface area contributed by atoms with E-state index in [1.54, 1.807) is 11.7 Å². The second-order valence-electron chi connectivity index (χ2n) is 9.00. The van der Waals surface area contributed by atoms with Crippen molar-refractivity contribution < 1.29 is 19.4 Å². The monoisotopic (exact) mass is 421 g/mol. The molecule has 0 radical (unpaired) electrons. The Balaban J connectivity index is 2.12. The summed E-state index contributed by atoms with van der Waals surface area (Å²) in [6, 6.07) is 7.50. The van der Waals surface area contributed by atoms with E-state index in [0.717, 1.165) is 39.5 Å². The van der Waals surface area contributed by atoms with Crippen molar-refractivity contribution >= 4 is 11.8 Å². The van der Waals surface area contributed by atoms with Crippen LogP contribution in [0.15, 0.2) is 24.3 Å². The van der Waals surface area contributed by atoms with E-state index in [2.05, 4.69) is 10.2 Å². The van der Waals surface area contributed by atoms with Crippen LogP contribution in [0.25, 0.3) is 22.4 Å². The fourth-order valence-corrected chi connectivity index (χ4v) is 4.71. The molecule has 3 aromatic rings. The number of rotatable bonds is 5. The molecule has 162 valence electrons. The number of methoxy groups -OCH3 is 1. The van der Waals surface area contributed by atoms with Crippen molar-refractivity contribution in [3.63, 3.8) is 0 Å². The van der Waals surface area contributed by atoms with E-state index < -0.39 is 5.97 Å². The molecule has 2 heterocycles. The van der Waals surface area contributed by atoms with Crippen LogP contribution in [0.1, 0.15) is 47.7 Å². The zero-order valence-corrected chi connectivity index (χ0v) is 18.5. The van der Waals surface area contributed by atoms with Crippen molar-refractivity contribution in [2.24, 2.45) is 5.41 Å². The molecular formula is C24H27N3O4. The van der Waals surface area contributed by atoms with Crippen molar-refractivity contribution in [3.8, 4) is 28.1 Å². The topological polar surface area (TPSA) is 97.2 Å². The number of H-pyrrole nitrogens is 1. The zero-order chi connectivity index (χ0) is 22.5. The van der Waals surface area contributed by atoms with Gasteiger partial charge in [-0.2, -0.15) is 5.10 Å². The molecule has 1 aromatic carbocycles. The molecule has 0 unspecified atom stereocenters. The predicted molar refractivity (Wildman–Crippen MR) is 118 cm³/mol. The molecule has 0 amide bonds. The number of carboxylic acids is 1. The van der Waals surface area contributed by atoms with Crippen LogP contribution in [-0.4, -0.2) is 38.7 Å². The lowest BCUT2D eigenvalue weighted by molar-refractivity contribution is -0.137. The predicted octanol–water partition coefficient (Wildman–Crippen LogP) is 4.41. The minimum absolute atomic E-state index is 0.0418. The van der Waals surface area contributed by atoms with Gasteiger partial charge in [0.1, 0.15) is 12.3 Å². The second-order valence-corrected chi connectivity index (χ2v) is 9.00. The lowest BCUT2D eigenvalue weighted by Gasteiger charge is -2.30. The van der Waals surface area contributed by atoms with Gasteiger partial charge in [0.15, 0.2) is 5.78 Å². The smallest absolute Gasteiger partial charge is 0.323 e. The van der Waals surface area contributed by atoms with Crippen molar-refractivity contribution in [2.45, 2.75) is 47.1 Å². The van der Waals surface area contributed by atoms with Crippen LogP contribution in [0.2, 0.25) is 0 Å². The number of ketones is 1. The number of ether oxygens (including phenoxy) is 1. The Hall–Kier alpha value is -3.35. The maximum absolute atomic E-state index is 13.4. The molecule has 2 aromatic heterocycles. The highest BCUT2D eigenvalue weighted by Crippen LogP contribution is 2.47. The summed E-state index contributed by atoms with van der Waals surface area (Å²) in [4.78, 5) is 25.3. The number of hydrogen-bond acceptors (Lipinski definition) is 4.